The predicted molar refractivity (Wildman–Crippen MR) is 146 cm³/mol. The molecule has 2 aromatic rings. The number of aliphatic hydroxyl groups excluding tert-OH is 1. The maximum Gasteiger partial charge on any atom is 0.267 e. The van der Waals surface area contributed by atoms with Crippen molar-refractivity contribution < 1.29 is 14.6 Å². The van der Waals surface area contributed by atoms with Gasteiger partial charge in [-0.1, -0.05) is 69.1 Å². The van der Waals surface area contributed by atoms with Crippen molar-refractivity contribution in [1.29, 1.82) is 0 Å². The number of pyridine rings is 1. The number of nitrogens with one attached hydrogen (secondary N) is 1. The Morgan fingerprint density at radius 3 is 2.74 bits per heavy atom. The van der Waals surface area contributed by atoms with Gasteiger partial charge in [0.25, 0.3) is 11.5 Å². The fraction of sp³-hybridized carbons (Fsp3) is 0.520. The van der Waals surface area contributed by atoms with Gasteiger partial charge in [0.15, 0.2) is 0 Å². The highest BCUT2D eigenvalue weighted by Gasteiger charge is 2.32. The quantitative estimate of drug-likeness (QED) is 0.220. The van der Waals surface area contributed by atoms with Crippen LogP contribution in [-0.4, -0.2) is 62.5 Å². The van der Waals surface area contributed by atoms with E-state index in [1.807, 2.05) is 13.0 Å². The number of fused-ring (bicyclic) bond motifs is 1. The van der Waals surface area contributed by atoms with Crippen LogP contribution in [0.1, 0.15) is 56.6 Å². The first-order valence-electron chi connectivity index (χ1n) is 12.2. The number of unbranched alkanes of at least 4 members (excludes halogenated alkanes) is 5. The number of hydrogen-bond donors (Lipinski definition) is 2. The summed E-state index contributed by atoms with van der Waals surface area (Å²) in [6, 6.07) is 3.69. The zero-order valence-electron chi connectivity index (χ0n) is 20.4. The van der Waals surface area contributed by atoms with Gasteiger partial charge in [-0.25, -0.2) is 4.98 Å². The Balaban J connectivity index is 1.83. The molecule has 1 aliphatic heterocycles. The third-order valence-electron chi connectivity index (χ3n) is 5.74. The third-order valence-corrected chi connectivity index (χ3v) is 7.12. The number of carbonyl (C=O) groups is 1. The summed E-state index contributed by atoms with van der Waals surface area (Å²) in [7, 11) is 0. The number of nitrogens with zero attached hydrogens (tertiary/aromatic N) is 3. The van der Waals surface area contributed by atoms with E-state index in [0.717, 1.165) is 24.8 Å². The number of hydrogen-bond acceptors (Lipinski definition) is 8. The van der Waals surface area contributed by atoms with Gasteiger partial charge in [0.2, 0.25) is 0 Å². The average molecular weight is 519 g/mol. The number of thiocarbonyl (C=S) groups is 1. The summed E-state index contributed by atoms with van der Waals surface area (Å²) in [6.45, 7) is 5.60. The highest BCUT2D eigenvalue weighted by molar-refractivity contribution is 8.26. The Kier molecular flexibility index (Phi) is 10.7. The van der Waals surface area contributed by atoms with Crippen LogP contribution in [0.15, 0.2) is 28.0 Å². The van der Waals surface area contributed by atoms with E-state index >= 15 is 0 Å². The minimum atomic E-state index is -0.265. The molecule has 1 aliphatic rings. The van der Waals surface area contributed by atoms with E-state index in [4.69, 9.17) is 22.1 Å². The second-order valence-electron chi connectivity index (χ2n) is 8.43. The molecule has 190 valence electrons. The molecule has 8 nitrogen and oxygen atoms in total. The Morgan fingerprint density at radius 2 is 1.97 bits per heavy atom. The lowest BCUT2D eigenvalue weighted by Crippen LogP contribution is -2.29. The summed E-state index contributed by atoms with van der Waals surface area (Å²) in [4.78, 5) is 33.3. The summed E-state index contributed by atoms with van der Waals surface area (Å²) in [5.41, 5.74) is 1.44. The molecular weight excluding hydrogens is 484 g/mol. The molecule has 2 aromatic heterocycles. The SMILES string of the molecule is CCCCCCCCN1C(=O)/C(=C\c2c(NCCOCCO)nc3c(C)cccn3c2=O)SC1=S. The van der Waals surface area contributed by atoms with E-state index in [1.165, 1.54) is 35.4 Å². The van der Waals surface area contributed by atoms with Crippen LogP contribution < -0.4 is 10.9 Å². The topological polar surface area (TPSA) is 96.2 Å². The van der Waals surface area contributed by atoms with Crippen LogP contribution in [0.3, 0.4) is 0 Å². The van der Waals surface area contributed by atoms with E-state index in [0.29, 0.717) is 46.0 Å². The van der Waals surface area contributed by atoms with Crippen LogP contribution >= 0.6 is 24.0 Å². The maximum atomic E-state index is 13.4. The number of ether oxygens (including phenoxy) is 1. The lowest BCUT2D eigenvalue weighted by atomic mass is 10.1. The standard InChI is InChI=1S/C25H34N4O4S2/c1-3-4-5-6-7-8-12-29-24(32)20(35-25(29)34)17-19-21(26-11-15-33-16-14-30)27-22-18(2)10-9-13-28(22)23(19)31/h9-10,13,17,26,30H,3-8,11-12,14-16H2,1-2H3/b20-17+. The van der Waals surface area contributed by atoms with Crippen molar-refractivity contribution in [3.63, 3.8) is 0 Å². The molecule has 0 unspecified atom stereocenters. The zero-order valence-corrected chi connectivity index (χ0v) is 22.1. The molecule has 0 saturated carbocycles. The largest absolute Gasteiger partial charge is 0.394 e. The maximum absolute atomic E-state index is 13.4. The summed E-state index contributed by atoms with van der Waals surface area (Å²) < 4.78 is 7.32. The first kappa shape index (κ1) is 27.3. The Bertz CT molecular complexity index is 1130. The molecule has 1 fully saturated rings. The highest BCUT2D eigenvalue weighted by Crippen LogP contribution is 2.33. The molecule has 35 heavy (non-hydrogen) atoms. The second kappa shape index (κ2) is 13.7. The number of rotatable bonds is 14. The second-order valence-corrected chi connectivity index (χ2v) is 10.1. The highest BCUT2D eigenvalue weighted by atomic mass is 32.2. The van der Waals surface area contributed by atoms with Crippen molar-refractivity contribution in [3.05, 3.63) is 44.7 Å². The number of aliphatic hydroxyl groups is 1. The van der Waals surface area contributed by atoms with Crippen LogP contribution in [0.2, 0.25) is 0 Å². The van der Waals surface area contributed by atoms with Crippen molar-refractivity contribution in [1.82, 2.24) is 14.3 Å². The molecule has 1 amide bonds. The average Bonchev–Trinajstić information content (AvgIpc) is 3.11. The minimum Gasteiger partial charge on any atom is -0.394 e. The number of aryl methyl sites for hydroxylation is 1. The number of amides is 1. The summed E-state index contributed by atoms with van der Waals surface area (Å²) in [5, 5.41) is 12.0. The number of thioether (sulfide) groups is 1. The van der Waals surface area contributed by atoms with Crippen molar-refractivity contribution >= 4 is 51.7 Å². The minimum absolute atomic E-state index is 0.0550. The van der Waals surface area contributed by atoms with Crippen molar-refractivity contribution in [2.75, 3.05) is 38.2 Å². The Labute approximate surface area is 215 Å². The molecule has 0 atom stereocenters. The smallest absolute Gasteiger partial charge is 0.267 e. The zero-order chi connectivity index (χ0) is 25.2. The van der Waals surface area contributed by atoms with E-state index in [2.05, 4.69) is 17.2 Å². The fourth-order valence-corrected chi connectivity index (χ4v) is 5.15. The van der Waals surface area contributed by atoms with Gasteiger partial charge in [0, 0.05) is 19.3 Å². The molecule has 1 saturated heterocycles. The van der Waals surface area contributed by atoms with Gasteiger partial charge in [-0.2, -0.15) is 0 Å². The van der Waals surface area contributed by atoms with Gasteiger partial charge in [0.1, 0.15) is 15.8 Å². The molecule has 0 aliphatic carbocycles. The van der Waals surface area contributed by atoms with Gasteiger partial charge in [-0.05, 0) is 31.1 Å². The number of aromatic nitrogens is 2. The lowest BCUT2D eigenvalue weighted by molar-refractivity contribution is -0.122. The van der Waals surface area contributed by atoms with Crippen LogP contribution in [0.4, 0.5) is 5.82 Å². The van der Waals surface area contributed by atoms with E-state index < -0.39 is 0 Å². The molecule has 10 heteroatoms. The first-order valence-corrected chi connectivity index (χ1v) is 13.4. The van der Waals surface area contributed by atoms with Crippen LogP contribution in [0.5, 0.6) is 0 Å². The molecule has 2 N–H and O–H groups in total. The fourth-order valence-electron chi connectivity index (χ4n) is 3.86. The lowest BCUT2D eigenvalue weighted by Gasteiger charge is -2.14. The van der Waals surface area contributed by atoms with E-state index in [1.54, 1.807) is 23.2 Å². The van der Waals surface area contributed by atoms with Gasteiger partial charge < -0.3 is 15.2 Å². The number of carbonyl (C=O) groups excluding carboxylic acids is 1. The molecular formula is C25H34N4O4S2. The van der Waals surface area contributed by atoms with Gasteiger partial charge in [-0.15, -0.1) is 0 Å². The molecule has 3 heterocycles. The predicted octanol–water partition coefficient (Wildman–Crippen LogP) is 3.99. The van der Waals surface area contributed by atoms with E-state index in [9.17, 15) is 9.59 Å². The van der Waals surface area contributed by atoms with Crippen molar-refractivity contribution in [3.8, 4) is 0 Å². The monoisotopic (exact) mass is 518 g/mol. The van der Waals surface area contributed by atoms with Crippen LogP contribution in [-0.2, 0) is 9.53 Å². The molecule has 3 rings (SSSR count). The molecule has 0 bridgehead atoms. The Morgan fingerprint density at radius 1 is 1.20 bits per heavy atom. The van der Waals surface area contributed by atoms with Gasteiger partial charge >= 0.3 is 0 Å². The molecule has 0 spiro atoms. The summed E-state index contributed by atoms with van der Waals surface area (Å²) in [5.74, 6) is 0.220. The van der Waals surface area contributed by atoms with Crippen LogP contribution in [0, 0.1) is 6.92 Å². The summed E-state index contributed by atoms with van der Waals surface area (Å²) in [6.07, 6.45) is 10.1. The molecule has 0 aromatic carbocycles. The Hall–Kier alpha value is -2.27. The normalized spacial score (nSPS) is 15.1. The molecule has 0 radical (unpaired) electrons. The van der Waals surface area contributed by atoms with Crippen LogP contribution in [0.25, 0.3) is 11.7 Å². The number of anilines is 1. The van der Waals surface area contributed by atoms with Crippen molar-refractivity contribution in [2.24, 2.45) is 0 Å². The third kappa shape index (κ3) is 7.13. The van der Waals surface area contributed by atoms with Gasteiger partial charge in [-0.3, -0.25) is 18.9 Å². The summed E-state index contributed by atoms with van der Waals surface area (Å²) >= 11 is 6.70. The van der Waals surface area contributed by atoms with Gasteiger partial charge in [0.05, 0.1) is 30.3 Å². The van der Waals surface area contributed by atoms with E-state index in [-0.39, 0.29) is 24.7 Å². The van der Waals surface area contributed by atoms with Crippen molar-refractivity contribution in [2.45, 2.75) is 52.4 Å². The first-order chi connectivity index (χ1) is 17.0.